The van der Waals surface area contributed by atoms with E-state index >= 15 is 0 Å². The van der Waals surface area contributed by atoms with Crippen molar-refractivity contribution in [3.05, 3.63) is 103 Å². The van der Waals surface area contributed by atoms with Gasteiger partial charge in [-0.2, -0.15) is 8.42 Å². The Morgan fingerprint density at radius 2 is 1.07 bits per heavy atom. The van der Waals surface area contributed by atoms with E-state index in [9.17, 15) is 65.5 Å². The zero-order valence-electron chi connectivity index (χ0n) is 80.3. The molecule has 6 N–H and O–H groups in total. The molecule has 736 valence electrons. The van der Waals surface area contributed by atoms with Crippen LogP contribution >= 0.6 is 32.4 Å². The van der Waals surface area contributed by atoms with E-state index in [1.54, 1.807) is 30.9 Å². The van der Waals surface area contributed by atoms with Gasteiger partial charge < -0.3 is 64.5 Å². The number of aryl methyl sites for hydroxylation is 2. The summed E-state index contributed by atoms with van der Waals surface area (Å²) >= 11 is 9.53. The minimum absolute atomic E-state index is 0. The Hall–Kier alpha value is -6.96. The number of aliphatic hydroxyl groups excluding tert-OH is 1. The molecule has 127 heavy (non-hydrogen) atoms. The highest BCUT2D eigenvalue weighted by molar-refractivity contribution is 7.86. The fourth-order valence-corrected chi connectivity index (χ4v) is 11.8. The number of hydrogen-bond donors (Lipinski definition) is 5. The molecule has 0 spiro atoms. The van der Waals surface area contributed by atoms with Crippen LogP contribution in [0.4, 0.5) is 8.78 Å². The number of rotatable bonds is 33. The number of aromatic hydroxyl groups is 1. The Kier molecular flexibility index (Phi) is 70.2. The first kappa shape index (κ1) is 131. The van der Waals surface area contributed by atoms with Crippen LogP contribution in [0.1, 0.15) is 285 Å². The molecule has 0 aliphatic carbocycles. The third kappa shape index (κ3) is 64.5. The minimum Gasteiger partial charge on any atom is -0.503 e. The SMILES string of the molecule is C.C.CC(C)N1C[C@@H](C)CN2C(=O)c3c(O)c(=O)c(C(=O)CCc4ccc(F)cc4F)cn3CC21.CC(C)NC[C@@H](C)CCC(=O)OC(C)(C)C.CC(C)NC[C@@H](C)CN.CCP.COC(=O)[C@@H](C)CCC(=O)OC(C)(C)C.COC(=O)[C@@H](C)CO.C[C@@H](CCC(=O)OC(C)(C)C)CN=[N+]=[N-].Cc1ccc(S(=O)(=O)OC[C@@H](C)CCC(=O)OC(C)(C)C)cc1.ClCCl. The molecule has 2 aromatic carbocycles. The highest BCUT2D eigenvalue weighted by Gasteiger charge is 2.43. The average molecular weight is 1890 g/mol. The van der Waals surface area contributed by atoms with Gasteiger partial charge in [0.2, 0.25) is 5.43 Å². The molecule has 35 heteroatoms. The number of alkyl halides is 2. The van der Waals surface area contributed by atoms with Gasteiger partial charge in [0, 0.05) is 87.0 Å². The summed E-state index contributed by atoms with van der Waals surface area (Å²) in [6, 6.07) is 10.9. The summed E-state index contributed by atoms with van der Waals surface area (Å²) in [7, 11) is 1.46. The van der Waals surface area contributed by atoms with E-state index in [4.69, 9.17) is 62.7 Å². The molecule has 0 saturated carbocycles. The maximum atomic E-state index is 13.9. The van der Waals surface area contributed by atoms with Crippen molar-refractivity contribution < 1.29 is 98.4 Å². The van der Waals surface area contributed by atoms with Crippen LogP contribution in [0, 0.1) is 60.0 Å². The van der Waals surface area contributed by atoms with Gasteiger partial charge in [-0.05, 0) is 228 Å². The van der Waals surface area contributed by atoms with Crippen LogP contribution in [0.2, 0.25) is 0 Å². The zero-order valence-corrected chi connectivity index (χ0v) is 83.8. The number of carbonyl (C=O) groups is 8. The van der Waals surface area contributed by atoms with Crippen molar-refractivity contribution in [2.75, 3.05) is 78.2 Å². The quantitative estimate of drug-likeness (QED) is 0.00435. The number of ether oxygens (including phenoxy) is 6. The third-order valence-corrected chi connectivity index (χ3v) is 18.6. The van der Waals surface area contributed by atoms with Crippen LogP contribution in [0.3, 0.4) is 0 Å². The van der Waals surface area contributed by atoms with Gasteiger partial charge in [-0.1, -0.05) is 120 Å². The number of halogens is 4. The maximum absolute atomic E-state index is 13.9. The molecular weight excluding hydrogens is 1720 g/mol. The monoisotopic (exact) mass is 1890 g/mol. The molecule has 0 radical (unpaired) electrons. The molecule has 5 rings (SSSR count). The predicted molar refractivity (Wildman–Crippen MR) is 508 cm³/mol. The summed E-state index contributed by atoms with van der Waals surface area (Å²) in [5, 5.41) is 29.3. The van der Waals surface area contributed by atoms with E-state index in [-0.39, 0.29) is 164 Å². The largest absolute Gasteiger partial charge is 0.503 e. The Bertz CT molecular complexity index is 3870. The van der Waals surface area contributed by atoms with Gasteiger partial charge in [-0.15, -0.1) is 32.4 Å². The molecule has 3 aromatic rings. The van der Waals surface area contributed by atoms with Crippen LogP contribution < -0.4 is 21.8 Å². The van der Waals surface area contributed by atoms with Crippen LogP contribution in [0.25, 0.3) is 10.4 Å². The zero-order chi connectivity index (χ0) is 97.7. The lowest BCUT2D eigenvalue weighted by Crippen LogP contribution is -2.64. The second-order valence-electron chi connectivity index (χ2n) is 36.0. The number of esters is 6. The number of methoxy groups -OCH3 is 2. The second kappa shape index (κ2) is 68.1. The number of benzene rings is 2. The van der Waals surface area contributed by atoms with Crippen molar-refractivity contribution >= 4 is 90.1 Å². The van der Waals surface area contributed by atoms with Gasteiger partial charge in [0.05, 0.1) is 61.6 Å². The number of carbonyl (C=O) groups excluding carboxylic acids is 8. The van der Waals surface area contributed by atoms with E-state index in [1.165, 1.54) is 49.3 Å². The van der Waals surface area contributed by atoms with E-state index in [2.05, 4.69) is 92.7 Å². The lowest BCUT2D eigenvalue weighted by atomic mass is 9.99. The number of nitrogens with two attached hydrogens (primary N) is 1. The number of aromatic nitrogens is 1. The second-order valence-corrected chi connectivity index (χ2v) is 39.2. The highest BCUT2D eigenvalue weighted by atomic mass is 35.5. The number of aliphatic hydroxyl groups is 1. The minimum atomic E-state index is -3.76. The molecule has 1 aromatic heterocycles. The number of amides is 1. The molecule has 2 unspecified atom stereocenters. The Morgan fingerprint density at radius 1 is 0.654 bits per heavy atom. The van der Waals surface area contributed by atoms with Crippen molar-refractivity contribution in [3.63, 3.8) is 0 Å². The van der Waals surface area contributed by atoms with Gasteiger partial charge >= 0.3 is 35.8 Å². The average Bonchev–Trinajstić information content (AvgIpc) is 0.741. The van der Waals surface area contributed by atoms with E-state index in [0.717, 1.165) is 50.3 Å². The normalized spacial score (nSPS) is 14.8. The topological polar surface area (TPSA) is 403 Å². The van der Waals surface area contributed by atoms with Crippen molar-refractivity contribution in [3.8, 4) is 5.75 Å². The first-order valence-electron chi connectivity index (χ1n) is 42.7. The Balaban J connectivity index is -0.000000347. The molecule has 1 fully saturated rings. The molecule has 29 nitrogen and oxygen atoms in total. The Morgan fingerprint density at radius 3 is 1.46 bits per heavy atom. The van der Waals surface area contributed by atoms with Crippen LogP contribution in [-0.2, 0) is 84.5 Å². The van der Waals surface area contributed by atoms with E-state index in [1.807, 2.05) is 125 Å². The van der Waals surface area contributed by atoms with Crippen LogP contribution in [-0.4, -0.2) is 205 Å². The third-order valence-electron chi connectivity index (χ3n) is 17.3. The number of nitrogens with zero attached hydrogens (tertiary/aromatic N) is 6. The van der Waals surface area contributed by atoms with E-state index in [0.29, 0.717) is 75.7 Å². The fraction of sp³-hybridized carbons (Fsp3) is 0.728. The molecule has 1 saturated heterocycles. The molecule has 2 aliphatic rings. The predicted octanol–water partition coefficient (Wildman–Crippen LogP) is 17.9. The maximum Gasteiger partial charge on any atom is 0.310 e. The Labute approximate surface area is 772 Å². The van der Waals surface area contributed by atoms with Gasteiger partial charge in [-0.25, -0.2) is 8.78 Å². The number of pyridine rings is 1. The molecule has 1 amide bonds. The van der Waals surface area contributed by atoms with Crippen LogP contribution in [0.5, 0.6) is 5.75 Å². The number of ketones is 1. The fourth-order valence-electron chi connectivity index (χ4n) is 10.8. The van der Waals surface area contributed by atoms with Gasteiger partial charge in [0.25, 0.3) is 16.0 Å². The summed E-state index contributed by atoms with van der Waals surface area (Å²) < 4.78 is 87.3. The number of nitrogens with one attached hydrogen (secondary N) is 2. The number of azide groups is 1. The smallest absolute Gasteiger partial charge is 0.310 e. The van der Waals surface area contributed by atoms with Crippen molar-refractivity contribution in [2.24, 2.45) is 52.3 Å². The molecule has 0 bridgehead atoms. The first-order chi connectivity index (χ1) is 57.6. The van der Waals surface area contributed by atoms with Gasteiger partial charge in [0.1, 0.15) is 40.2 Å². The van der Waals surface area contributed by atoms with E-state index < -0.39 is 61.4 Å². The summed E-state index contributed by atoms with van der Waals surface area (Å²) in [5.41, 5.74) is 11.6. The number of fused-ring (bicyclic) bond motifs is 2. The number of Topliss-reactive ketones (excluding diaryl/α,β-unsaturated/α-hetero) is 1. The van der Waals surface area contributed by atoms with Crippen molar-refractivity contribution in [1.82, 2.24) is 25.0 Å². The van der Waals surface area contributed by atoms with Crippen molar-refractivity contribution in [2.45, 2.75) is 324 Å². The molecule has 3 heterocycles. The summed E-state index contributed by atoms with van der Waals surface area (Å²) in [6.45, 7) is 56.9. The number of hydrogen-bond acceptors (Lipinski definition) is 25. The summed E-state index contributed by atoms with van der Waals surface area (Å²) in [4.78, 5) is 113. The molecule has 9 atom stereocenters. The van der Waals surface area contributed by atoms with Gasteiger partial charge in [-0.3, -0.25) is 52.2 Å². The van der Waals surface area contributed by atoms with Gasteiger partial charge in [0.15, 0.2) is 17.2 Å². The standard InChI is InChI=1S/C24H27F2N3O4.C17H26O5S.C13H27NO2.C11H20O4.C10H19N3O2.C7H18N2.C5H10O3.C2H7P.CH2Cl2.2CH4/c1-13(2)28-9-14(3)10-29-20(28)12-27-11-17(22(31)23(32)21(27)24(29)33)19(30)7-5-15-4-6-16(25)8-18(15)26;1-13-6-9-15(10-7-13)23(19,20)21-12-14(2)8-11-16(18)22-17(3,4)5;1-10(2)14-9-11(3)7-8-12(15)16-13(4,5)6;1-8(10(13)14-5)6-7-9(12)15-11(2,3)4;1-8(7-12-13-11)5-6-9(14)15-10(2,3)4;1-6(2)9-5-7(3)4-8;1-4(3-6)5(7)8-2;1-2-3;2-1-3;;/h4,6,8,11,13-14,20,32H,5,7,9-10,12H2,1-3H3;6-7,9-10,14H,8,11-12H2,1-5H3;10-11,14H,7-9H2,1-6H3;8H,6-7H2,1-5H3;8H,5-7H2,1-4H3;6-7,9H,4-5,8H2,1-3H3;4,6H,3H2,1-2H3;2-3H2,1H3;1H2;2*1H4/t14-,20?;14-;11-;2*8-;7-;4-;;;;/m1000000..../s1. The molecular formula is C92H164Cl2F2N9O20PS. The first-order valence-corrected chi connectivity index (χ1v) is 46.0. The highest BCUT2D eigenvalue weighted by Crippen LogP contribution is 2.31. The lowest BCUT2D eigenvalue weighted by Gasteiger charge is -2.50. The summed E-state index contributed by atoms with van der Waals surface area (Å²) in [6.07, 6.45) is 5.93. The summed E-state index contributed by atoms with van der Waals surface area (Å²) in [5.74, 6) is -3.92. The van der Waals surface area contributed by atoms with Crippen LogP contribution in [0.15, 0.2) is 63.5 Å². The van der Waals surface area contributed by atoms with Crippen molar-refractivity contribution in [1.29, 1.82) is 0 Å². The molecule has 2 aliphatic heterocycles. The lowest BCUT2D eigenvalue weighted by molar-refractivity contribution is -0.157.